The lowest BCUT2D eigenvalue weighted by Crippen LogP contribution is -2.34. The van der Waals surface area contributed by atoms with E-state index in [0.717, 1.165) is 17.4 Å². The van der Waals surface area contributed by atoms with Crippen LogP contribution in [0.15, 0.2) is 41.3 Å². The van der Waals surface area contributed by atoms with E-state index in [2.05, 4.69) is 80.0 Å². The maximum absolute atomic E-state index is 9.10. The summed E-state index contributed by atoms with van der Waals surface area (Å²) < 4.78 is 3.21. The van der Waals surface area contributed by atoms with Gasteiger partial charge >= 0.3 is 11.9 Å². The molecule has 1 saturated heterocycles. The third-order valence-corrected chi connectivity index (χ3v) is 6.28. The Kier molecular flexibility index (Phi) is 8.09. The number of piperidine rings is 1. The van der Waals surface area contributed by atoms with Gasteiger partial charge in [-0.15, -0.1) is 0 Å². The maximum Gasteiger partial charge on any atom is 0.414 e. The fraction of sp³-hybridized carbons (Fsp3) is 0.435. The summed E-state index contributed by atoms with van der Waals surface area (Å²) in [6, 6.07) is 6.96. The van der Waals surface area contributed by atoms with Gasteiger partial charge in [0, 0.05) is 40.4 Å². The Balaban J connectivity index is 0.000000427. The van der Waals surface area contributed by atoms with E-state index < -0.39 is 11.9 Å². The molecule has 0 aliphatic carbocycles. The molecule has 32 heavy (non-hydrogen) atoms. The number of halogens is 1. The molecule has 3 aromatic rings. The minimum Gasteiger partial charge on any atom is -0.473 e. The lowest BCUT2D eigenvalue weighted by atomic mass is 9.89. The Bertz CT molecular complexity index is 1060. The number of carbonyl (C=O) groups is 2. The van der Waals surface area contributed by atoms with Gasteiger partial charge in [-0.3, -0.25) is 4.68 Å². The fourth-order valence-electron chi connectivity index (χ4n) is 4.00. The number of hydrogen-bond donors (Lipinski definition) is 3. The summed E-state index contributed by atoms with van der Waals surface area (Å²) in [5.74, 6) is -2.98. The molecule has 0 bridgehead atoms. The molecule has 1 aliphatic rings. The van der Waals surface area contributed by atoms with Crippen molar-refractivity contribution in [2.45, 2.75) is 45.1 Å². The molecule has 1 aromatic carbocycles. The molecule has 0 unspecified atom stereocenters. The molecule has 9 heteroatoms. The monoisotopic (exact) mass is 504 g/mol. The van der Waals surface area contributed by atoms with Gasteiger partial charge in [0.1, 0.15) is 0 Å². The summed E-state index contributed by atoms with van der Waals surface area (Å²) in [4.78, 5) is 24.2. The molecule has 0 saturated carbocycles. The number of nitrogens with one attached hydrogen (secondary N) is 1. The average Bonchev–Trinajstić information content (AvgIpc) is 3.40. The van der Waals surface area contributed by atoms with Gasteiger partial charge in [0.25, 0.3) is 0 Å². The summed E-state index contributed by atoms with van der Waals surface area (Å²) in [5, 5.41) is 20.6. The zero-order valence-corrected chi connectivity index (χ0v) is 19.9. The highest BCUT2D eigenvalue weighted by Crippen LogP contribution is 2.34. The number of carboxylic acid groups (broad SMARTS) is 2. The van der Waals surface area contributed by atoms with E-state index in [4.69, 9.17) is 19.8 Å². The second kappa shape index (κ2) is 10.8. The van der Waals surface area contributed by atoms with Crippen LogP contribution in [-0.2, 0) is 16.0 Å². The van der Waals surface area contributed by atoms with E-state index >= 15 is 0 Å². The zero-order valence-electron chi connectivity index (χ0n) is 18.3. The average molecular weight is 505 g/mol. The van der Waals surface area contributed by atoms with Crippen LogP contribution in [0.5, 0.6) is 0 Å². The number of aliphatic carboxylic acids is 2. The van der Waals surface area contributed by atoms with Gasteiger partial charge < -0.3 is 20.1 Å². The van der Waals surface area contributed by atoms with Gasteiger partial charge in [0.2, 0.25) is 0 Å². The highest BCUT2D eigenvalue weighted by molar-refractivity contribution is 9.10. The summed E-state index contributed by atoms with van der Waals surface area (Å²) in [6.07, 6.45) is 10.0. The molecule has 1 fully saturated rings. The Morgan fingerprint density at radius 2 is 1.91 bits per heavy atom. The van der Waals surface area contributed by atoms with Gasteiger partial charge in [0.05, 0.1) is 6.20 Å². The van der Waals surface area contributed by atoms with Crippen molar-refractivity contribution in [3.05, 3.63) is 52.4 Å². The number of benzene rings is 1. The number of rotatable bonds is 5. The van der Waals surface area contributed by atoms with Crippen LogP contribution < -0.4 is 0 Å². The Morgan fingerprint density at radius 1 is 1.22 bits per heavy atom. The molecule has 4 rings (SSSR count). The number of H-pyrrole nitrogens is 1. The third-order valence-electron chi connectivity index (χ3n) is 5.79. The number of aromatic amines is 1. The van der Waals surface area contributed by atoms with E-state index in [1.165, 1.54) is 48.0 Å². The second-order valence-corrected chi connectivity index (χ2v) is 9.25. The summed E-state index contributed by atoms with van der Waals surface area (Å²) in [5.41, 5.74) is 4.08. The van der Waals surface area contributed by atoms with Crippen LogP contribution in [0.1, 0.15) is 49.8 Å². The van der Waals surface area contributed by atoms with Crippen molar-refractivity contribution < 1.29 is 19.8 Å². The summed E-state index contributed by atoms with van der Waals surface area (Å²) in [6.45, 7) is 7.85. The Labute approximate surface area is 195 Å². The maximum atomic E-state index is 9.10. The van der Waals surface area contributed by atoms with Crippen molar-refractivity contribution in [3.8, 4) is 0 Å². The highest BCUT2D eigenvalue weighted by Gasteiger charge is 2.22. The van der Waals surface area contributed by atoms with Gasteiger partial charge in [-0.05, 0) is 81.4 Å². The van der Waals surface area contributed by atoms with Crippen LogP contribution in [0.4, 0.5) is 0 Å². The molecular formula is C23H29BrN4O4. The van der Waals surface area contributed by atoms with E-state index in [1.54, 1.807) is 0 Å². The molecule has 0 spiro atoms. The van der Waals surface area contributed by atoms with Crippen molar-refractivity contribution in [1.82, 2.24) is 19.7 Å². The first-order chi connectivity index (χ1) is 15.2. The molecule has 0 amide bonds. The van der Waals surface area contributed by atoms with Gasteiger partial charge in [-0.1, -0.05) is 15.9 Å². The van der Waals surface area contributed by atoms with Crippen LogP contribution in [0.2, 0.25) is 0 Å². The number of hydrogen-bond acceptors (Lipinski definition) is 4. The van der Waals surface area contributed by atoms with E-state index in [0.29, 0.717) is 12.0 Å². The molecule has 2 aromatic heterocycles. The number of aromatic nitrogens is 3. The van der Waals surface area contributed by atoms with E-state index in [-0.39, 0.29) is 0 Å². The molecular weight excluding hydrogens is 476 g/mol. The van der Waals surface area contributed by atoms with Crippen LogP contribution in [0, 0.1) is 0 Å². The van der Waals surface area contributed by atoms with Crippen LogP contribution >= 0.6 is 15.9 Å². The molecule has 8 nitrogen and oxygen atoms in total. The predicted octanol–water partition coefficient (Wildman–Crippen LogP) is 4.29. The van der Waals surface area contributed by atoms with Crippen molar-refractivity contribution >= 4 is 38.8 Å². The van der Waals surface area contributed by atoms with Crippen molar-refractivity contribution in [2.75, 3.05) is 19.6 Å². The second-order valence-electron chi connectivity index (χ2n) is 8.33. The SMILES string of the molecule is CC(C)n1cc(CCN2CCC(c3c[nH]c4ccc(Br)cc34)CC2)cn1.O=C(O)C(=O)O. The normalized spacial score (nSPS) is 15.0. The minimum atomic E-state index is -1.82. The zero-order chi connectivity index (χ0) is 23.3. The number of carboxylic acids is 2. The largest absolute Gasteiger partial charge is 0.473 e. The van der Waals surface area contributed by atoms with Crippen molar-refractivity contribution in [3.63, 3.8) is 0 Å². The molecule has 172 valence electrons. The first-order valence-corrected chi connectivity index (χ1v) is 11.5. The summed E-state index contributed by atoms with van der Waals surface area (Å²) in [7, 11) is 0. The first-order valence-electron chi connectivity index (χ1n) is 10.7. The van der Waals surface area contributed by atoms with Crippen molar-refractivity contribution in [2.24, 2.45) is 0 Å². The van der Waals surface area contributed by atoms with E-state index in [9.17, 15) is 0 Å². The van der Waals surface area contributed by atoms with Crippen molar-refractivity contribution in [1.29, 1.82) is 0 Å². The van der Waals surface area contributed by atoms with E-state index in [1.807, 2.05) is 6.20 Å². The molecule has 0 atom stereocenters. The van der Waals surface area contributed by atoms with Gasteiger partial charge in [-0.25, -0.2) is 9.59 Å². The molecule has 3 heterocycles. The van der Waals surface area contributed by atoms with Gasteiger partial charge in [-0.2, -0.15) is 5.10 Å². The topological polar surface area (TPSA) is 111 Å². The van der Waals surface area contributed by atoms with Gasteiger partial charge in [0.15, 0.2) is 0 Å². The predicted molar refractivity (Wildman–Crippen MR) is 126 cm³/mol. The smallest absolute Gasteiger partial charge is 0.414 e. The molecule has 1 aliphatic heterocycles. The number of nitrogens with zero attached hydrogens (tertiary/aromatic N) is 3. The highest BCUT2D eigenvalue weighted by atomic mass is 79.9. The van der Waals surface area contributed by atoms with Crippen LogP contribution in [0.25, 0.3) is 10.9 Å². The Morgan fingerprint density at radius 3 is 2.50 bits per heavy atom. The molecule has 0 radical (unpaired) electrons. The van der Waals surface area contributed by atoms with Crippen LogP contribution in [0.3, 0.4) is 0 Å². The lowest BCUT2D eigenvalue weighted by molar-refractivity contribution is -0.159. The number of fused-ring (bicyclic) bond motifs is 1. The third kappa shape index (κ3) is 6.20. The minimum absolute atomic E-state index is 0.440. The summed E-state index contributed by atoms with van der Waals surface area (Å²) >= 11 is 3.61. The standard InChI is InChI=1S/C21H27BrN4.C2H2O4/c1-15(2)26-14-16(12-24-26)5-8-25-9-6-17(7-10-25)20-13-23-21-4-3-18(22)11-19(20)21;3-1(4)2(5)6/h3-4,11-15,17,23H,5-10H2,1-2H3;(H,3,4)(H,5,6). The molecule has 3 N–H and O–H groups in total. The first kappa shape index (κ1) is 24.0. The number of likely N-dealkylation sites (tertiary alicyclic amines) is 1. The lowest BCUT2D eigenvalue weighted by Gasteiger charge is -2.31. The Hall–Kier alpha value is -2.65. The fourth-order valence-corrected chi connectivity index (χ4v) is 4.36. The quantitative estimate of drug-likeness (QED) is 0.447. The van der Waals surface area contributed by atoms with Crippen LogP contribution in [-0.4, -0.2) is 61.5 Å².